The molecule has 0 unspecified atom stereocenters. The second-order valence-electron chi connectivity index (χ2n) is 6.78. The zero-order valence-electron chi connectivity index (χ0n) is 15.8. The lowest BCUT2D eigenvalue weighted by Crippen LogP contribution is -2.36. The molecule has 0 spiro atoms. The Kier molecular flexibility index (Phi) is 7.25. The molecule has 150 valence electrons. The van der Waals surface area contributed by atoms with Gasteiger partial charge in [0.15, 0.2) is 6.61 Å². The van der Waals surface area contributed by atoms with Crippen molar-refractivity contribution >= 4 is 33.5 Å². The summed E-state index contributed by atoms with van der Waals surface area (Å²) < 4.78 is 32.1. The molecule has 0 aliphatic carbocycles. The molecule has 27 heavy (non-hydrogen) atoms. The van der Waals surface area contributed by atoms with E-state index >= 15 is 0 Å². The van der Waals surface area contributed by atoms with Gasteiger partial charge in [-0.3, -0.25) is 4.79 Å². The molecule has 0 saturated carbocycles. The molecule has 1 aliphatic rings. The number of hydrogen-bond donors (Lipinski definition) is 0. The second-order valence-corrected chi connectivity index (χ2v) is 9.10. The molecule has 1 aromatic carbocycles. The van der Waals surface area contributed by atoms with Gasteiger partial charge in [-0.15, -0.1) is 0 Å². The van der Waals surface area contributed by atoms with Crippen LogP contribution in [0.3, 0.4) is 0 Å². The number of nitrogens with zero attached hydrogens (tertiary/aromatic N) is 2. The minimum atomic E-state index is -3.79. The molecular weight excluding hydrogens is 392 g/mol. The standard InChI is InChI=1S/C18H25ClN2O5S/c1-13(2)20(3)17(22)12-26-18(23)14-7-8-15(19)16(11-14)27(24,25)21-9-5-4-6-10-21/h7-8,11,13H,4-6,9-10,12H2,1-3H3. The first kappa shape index (κ1) is 21.7. The Morgan fingerprint density at radius 1 is 1.22 bits per heavy atom. The highest BCUT2D eigenvalue weighted by atomic mass is 35.5. The minimum absolute atomic E-state index is 0.0203. The van der Waals surface area contributed by atoms with Gasteiger partial charge in [-0.05, 0) is 44.9 Å². The number of halogens is 1. The first-order valence-corrected chi connectivity index (χ1v) is 10.7. The highest BCUT2D eigenvalue weighted by Gasteiger charge is 2.29. The monoisotopic (exact) mass is 416 g/mol. The van der Waals surface area contributed by atoms with Crippen LogP contribution >= 0.6 is 11.6 Å². The van der Waals surface area contributed by atoms with Gasteiger partial charge in [-0.1, -0.05) is 18.0 Å². The van der Waals surface area contributed by atoms with Crippen molar-refractivity contribution < 1.29 is 22.7 Å². The van der Waals surface area contributed by atoms with Crippen molar-refractivity contribution in [3.63, 3.8) is 0 Å². The molecule has 1 saturated heterocycles. The highest BCUT2D eigenvalue weighted by molar-refractivity contribution is 7.89. The molecule has 1 heterocycles. The lowest BCUT2D eigenvalue weighted by Gasteiger charge is -2.26. The van der Waals surface area contributed by atoms with Gasteiger partial charge in [-0.25, -0.2) is 13.2 Å². The van der Waals surface area contributed by atoms with Crippen molar-refractivity contribution in [1.82, 2.24) is 9.21 Å². The van der Waals surface area contributed by atoms with E-state index in [4.69, 9.17) is 16.3 Å². The van der Waals surface area contributed by atoms with Crippen molar-refractivity contribution in [3.05, 3.63) is 28.8 Å². The Bertz CT molecular complexity index is 804. The number of amides is 1. The molecule has 1 fully saturated rings. The van der Waals surface area contributed by atoms with Crippen LogP contribution in [0.4, 0.5) is 0 Å². The first-order chi connectivity index (χ1) is 12.6. The van der Waals surface area contributed by atoms with Crippen LogP contribution in [0.15, 0.2) is 23.1 Å². The van der Waals surface area contributed by atoms with Gasteiger partial charge in [0.2, 0.25) is 10.0 Å². The number of likely N-dealkylation sites (N-methyl/N-ethyl adjacent to an activating group) is 1. The van der Waals surface area contributed by atoms with E-state index < -0.39 is 22.6 Å². The van der Waals surface area contributed by atoms with Crippen molar-refractivity contribution in [2.24, 2.45) is 0 Å². The maximum atomic E-state index is 12.8. The van der Waals surface area contributed by atoms with Gasteiger partial charge in [0, 0.05) is 26.2 Å². The summed E-state index contributed by atoms with van der Waals surface area (Å²) in [5, 5.41) is 0.0488. The number of ether oxygens (including phenoxy) is 1. The van der Waals surface area contributed by atoms with Gasteiger partial charge in [0.05, 0.1) is 10.6 Å². The molecule has 7 nitrogen and oxygen atoms in total. The number of rotatable bonds is 6. The lowest BCUT2D eigenvalue weighted by atomic mass is 10.2. The van der Waals surface area contributed by atoms with Crippen LogP contribution in [0, 0.1) is 0 Å². The zero-order chi connectivity index (χ0) is 20.2. The molecule has 1 aliphatic heterocycles. The third-order valence-electron chi connectivity index (χ3n) is 4.59. The van der Waals surface area contributed by atoms with E-state index in [1.165, 1.54) is 27.4 Å². The van der Waals surface area contributed by atoms with E-state index in [0.717, 1.165) is 19.3 Å². The number of piperidine rings is 1. The summed E-state index contributed by atoms with van der Waals surface area (Å²) in [7, 11) is -2.17. The highest BCUT2D eigenvalue weighted by Crippen LogP contribution is 2.28. The number of carbonyl (C=O) groups is 2. The van der Waals surface area contributed by atoms with Crippen LogP contribution in [-0.4, -0.2) is 62.3 Å². The Morgan fingerprint density at radius 2 is 1.85 bits per heavy atom. The molecule has 2 rings (SSSR count). The molecule has 0 radical (unpaired) electrons. The van der Waals surface area contributed by atoms with Crippen molar-refractivity contribution in [3.8, 4) is 0 Å². The molecule has 0 aromatic heterocycles. The summed E-state index contributed by atoms with van der Waals surface area (Å²) in [6.07, 6.45) is 2.58. The third kappa shape index (κ3) is 5.21. The Labute approximate surface area is 165 Å². The molecule has 0 N–H and O–H groups in total. The van der Waals surface area contributed by atoms with E-state index in [1.807, 2.05) is 13.8 Å². The average molecular weight is 417 g/mol. The minimum Gasteiger partial charge on any atom is -0.452 e. The van der Waals surface area contributed by atoms with E-state index in [2.05, 4.69) is 0 Å². The van der Waals surface area contributed by atoms with E-state index in [-0.39, 0.29) is 27.4 Å². The van der Waals surface area contributed by atoms with Crippen molar-refractivity contribution in [2.45, 2.75) is 44.0 Å². The number of hydrogen-bond acceptors (Lipinski definition) is 5. The maximum Gasteiger partial charge on any atom is 0.338 e. The number of sulfonamides is 1. The van der Waals surface area contributed by atoms with Crippen molar-refractivity contribution in [1.29, 1.82) is 0 Å². The van der Waals surface area contributed by atoms with Gasteiger partial charge < -0.3 is 9.64 Å². The maximum absolute atomic E-state index is 12.8. The first-order valence-electron chi connectivity index (χ1n) is 8.87. The third-order valence-corrected chi connectivity index (χ3v) is 6.97. The van der Waals surface area contributed by atoms with Crippen LogP contribution in [-0.2, 0) is 19.6 Å². The quantitative estimate of drug-likeness (QED) is 0.665. The summed E-state index contributed by atoms with van der Waals surface area (Å²) in [4.78, 5) is 25.5. The summed E-state index contributed by atoms with van der Waals surface area (Å²) in [6, 6.07) is 3.94. The SMILES string of the molecule is CC(C)N(C)C(=O)COC(=O)c1ccc(Cl)c(S(=O)(=O)N2CCCCC2)c1. The van der Waals surface area contributed by atoms with Crippen molar-refractivity contribution in [2.75, 3.05) is 26.7 Å². The zero-order valence-corrected chi connectivity index (χ0v) is 17.3. The normalized spacial score (nSPS) is 15.6. The van der Waals surface area contributed by atoms with E-state index in [1.54, 1.807) is 7.05 Å². The Morgan fingerprint density at radius 3 is 2.44 bits per heavy atom. The van der Waals surface area contributed by atoms with Gasteiger partial charge in [-0.2, -0.15) is 4.31 Å². The van der Waals surface area contributed by atoms with Crippen LogP contribution < -0.4 is 0 Å². The molecule has 0 bridgehead atoms. The second kappa shape index (κ2) is 9.03. The van der Waals surface area contributed by atoms with E-state index in [0.29, 0.717) is 13.1 Å². The Hall–Kier alpha value is -1.64. The fraction of sp³-hybridized carbons (Fsp3) is 0.556. The smallest absolute Gasteiger partial charge is 0.338 e. The summed E-state index contributed by atoms with van der Waals surface area (Å²) >= 11 is 6.09. The molecule has 0 atom stereocenters. The predicted octanol–water partition coefficient (Wildman–Crippen LogP) is 2.54. The largest absolute Gasteiger partial charge is 0.452 e. The molecule has 9 heteroatoms. The van der Waals surface area contributed by atoms with E-state index in [9.17, 15) is 18.0 Å². The van der Waals surface area contributed by atoms with Crippen LogP contribution in [0.1, 0.15) is 43.5 Å². The molecule has 1 amide bonds. The summed E-state index contributed by atoms with van der Waals surface area (Å²) in [5.41, 5.74) is 0.0370. The summed E-state index contributed by atoms with van der Waals surface area (Å²) in [5.74, 6) is -1.11. The average Bonchev–Trinajstić information content (AvgIpc) is 2.65. The topological polar surface area (TPSA) is 84.0 Å². The number of carbonyl (C=O) groups excluding carboxylic acids is 2. The van der Waals surface area contributed by atoms with Crippen LogP contribution in [0.5, 0.6) is 0 Å². The number of esters is 1. The molecular formula is C18H25ClN2O5S. The number of benzene rings is 1. The summed E-state index contributed by atoms with van der Waals surface area (Å²) in [6.45, 7) is 4.14. The van der Waals surface area contributed by atoms with Gasteiger partial charge in [0.25, 0.3) is 5.91 Å². The molecule has 1 aromatic rings. The fourth-order valence-electron chi connectivity index (χ4n) is 2.67. The van der Waals surface area contributed by atoms with Crippen LogP contribution in [0.25, 0.3) is 0 Å². The van der Waals surface area contributed by atoms with Gasteiger partial charge in [0.1, 0.15) is 4.90 Å². The fourth-order valence-corrected chi connectivity index (χ4v) is 4.69. The Balaban J connectivity index is 2.16. The van der Waals surface area contributed by atoms with Gasteiger partial charge >= 0.3 is 5.97 Å². The van der Waals surface area contributed by atoms with Crippen LogP contribution in [0.2, 0.25) is 5.02 Å². The lowest BCUT2D eigenvalue weighted by molar-refractivity contribution is -0.134. The predicted molar refractivity (Wildman–Crippen MR) is 102 cm³/mol.